The minimum atomic E-state index is 0.115. The largest absolute Gasteiger partial charge is 0.339 e. The van der Waals surface area contributed by atoms with Crippen LogP contribution < -0.4 is 0 Å². The van der Waals surface area contributed by atoms with Gasteiger partial charge in [-0.3, -0.25) is 4.79 Å². The van der Waals surface area contributed by atoms with Gasteiger partial charge in [-0.15, -0.1) is 11.6 Å². The Bertz CT molecular complexity index is 427. The molecule has 0 unspecified atom stereocenters. The van der Waals surface area contributed by atoms with Gasteiger partial charge in [0.15, 0.2) is 0 Å². The van der Waals surface area contributed by atoms with Gasteiger partial charge in [0.05, 0.1) is 0 Å². The molecule has 0 radical (unpaired) electrons. The smallest absolute Gasteiger partial charge is 0.253 e. The maximum Gasteiger partial charge on any atom is 0.253 e. The number of rotatable bonds is 1. The Morgan fingerprint density at radius 2 is 2.06 bits per heavy atom. The second kappa shape index (κ2) is 5.40. The van der Waals surface area contributed by atoms with Crippen LogP contribution in [0.5, 0.6) is 0 Å². The van der Waals surface area contributed by atoms with E-state index in [-0.39, 0.29) is 11.3 Å². The highest BCUT2D eigenvalue weighted by Crippen LogP contribution is 2.21. The lowest BCUT2D eigenvalue weighted by Crippen LogP contribution is -2.38. The molecule has 0 bridgehead atoms. The molecule has 0 spiro atoms. The van der Waals surface area contributed by atoms with Crippen LogP contribution in [0.15, 0.2) is 22.7 Å². The number of carbonyl (C=O) groups is 1. The van der Waals surface area contributed by atoms with Crippen LogP contribution in [0.1, 0.15) is 28.8 Å². The average molecular weight is 317 g/mol. The van der Waals surface area contributed by atoms with Gasteiger partial charge in [0, 0.05) is 28.5 Å². The first-order chi connectivity index (χ1) is 8.08. The summed E-state index contributed by atoms with van der Waals surface area (Å²) in [4.78, 5) is 14.1. The van der Waals surface area contributed by atoms with E-state index in [4.69, 9.17) is 11.6 Å². The van der Waals surface area contributed by atoms with E-state index in [0.717, 1.165) is 41.5 Å². The van der Waals surface area contributed by atoms with Crippen molar-refractivity contribution in [2.24, 2.45) is 0 Å². The fourth-order valence-corrected chi connectivity index (χ4v) is 2.45. The number of amides is 1. The number of alkyl halides is 1. The molecule has 0 atom stereocenters. The average Bonchev–Trinajstić information content (AvgIpc) is 2.33. The second-order valence-corrected chi connectivity index (χ2v) is 5.90. The zero-order chi connectivity index (χ0) is 12.4. The lowest BCUT2D eigenvalue weighted by atomic mass is 10.1. The monoisotopic (exact) mass is 315 g/mol. The van der Waals surface area contributed by atoms with Crippen LogP contribution in [-0.4, -0.2) is 29.3 Å². The summed E-state index contributed by atoms with van der Waals surface area (Å²) in [6, 6.07) is 5.72. The molecule has 92 valence electrons. The topological polar surface area (TPSA) is 20.3 Å². The molecule has 1 aromatic carbocycles. The number of hydrogen-bond donors (Lipinski definition) is 0. The van der Waals surface area contributed by atoms with Crippen molar-refractivity contribution in [3.8, 4) is 0 Å². The van der Waals surface area contributed by atoms with Gasteiger partial charge in [0.1, 0.15) is 0 Å². The van der Waals surface area contributed by atoms with Gasteiger partial charge in [0.2, 0.25) is 0 Å². The molecule has 4 heteroatoms. The molecule has 0 aliphatic carbocycles. The van der Waals surface area contributed by atoms with Crippen LogP contribution in [-0.2, 0) is 0 Å². The molecule has 1 saturated heterocycles. The highest BCUT2D eigenvalue weighted by Gasteiger charge is 2.22. The number of halogens is 2. The summed E-state index contributed by atoms with van der Waals surface area (Å²) in [5, 5.41) is 0.228. The van der Waals surface area contributed by atoms with E-state index in [1.54, 1.807) is 0 Å². The third-order valence-electron chi connectivity index (χ3n) is 3.12. The number of hydrogen-bond acceptors (Lipinski definition) is 1. The van der Waals surface area contributed by atoms with E-state index < -0.39 is 0 Å². The Hall–Kier alpha value is -0.540. The van der Waals surface area contributed by atoms with Crippen molar-refractivity contribution in [1.82, 2.24) is 4.90 Å². The van der Waals surface area contributed by atoms with Gasteiger partial charge in [-0.2, -0.15) is 0 Å². The SMILES string of the molecule is Cc1cc(C(=O)N2CCC(Cl)CC2)ccc1Br. The maximum atomic E-state index is 12.2. The van der Waals surface area contributed by atoms with Crippen molar-refractivity contribution in [3.05, 3.63) is 33.8 Å². The van der Waals surface area contributed by atoms with E-state index >= 15 is 0 Å². The second-order valence-electron chi connectivity index (χ2n) is 4.43. The van der Waals surface area contributed by atoms with E-state index in [9.17, 15) is 4.79 Å². The van der Waals surface area contributed by atoms with Crippen LogP contribution in [0.25, 0.3) is 0 Å². The van der Waals surface area contributed by atoms with Crippen LogP contribution in [0.3, 0.4) is 0 Å². The first kappa shape index (κ1) is 12.9. The summed E-state index contributed by atoms with van der Waals surface area (Å²) in [5.74, 6) is 0.115. The standard InChI is InChI=1S/C13H15BrClNO/c1-9-8-10(2-3-12(9)14)13(17)16-6-4-11(15)5-7-16/h2-3,8,11H,4-7H2,1H3. The maximum absolute atomic E-state index is 12.2. The zero-order valence-corrected chi connectivity index (χ0v) is 12.1. The molecule has 0 N–H and O–H groups in total. The van der Waals surface area contributed by atoms with Crippen molar-refractivity contribution in [3.63, 3.8) is 0 Å². The molecular formula is C13H15BrClNO. The van der Waals surface area contributed by atoms with E-state index in [1.807, 2.05) is 30.0 Å². The van der Waals surface area contributed by atoms with Crippen molar-refractivity contribution in [2.45, 2.75) is 25.1 Å². The predicted molar refractivity (Wildman–Crippen MR) is 73.7 cm³/mol. The molecule has 1 amide bonds. The summed E-state index contributed by atoms with van der Waals surface area (Å²) in [6.07, 6.45) is 1.78. The third kappa shape index (κ3) is 3.02. The van der Waals surface area contributed by atoms with Gasteiger partial charge in [-0.05, 0) is 43.5 Å². The van der Waals surface area contributed by atoms with Crippen molar-refractivity contribution < 1.29 is 4.79 Å². The van der Waals surface area contributed by atoms with Gasteiger partial charge in [0.25, 0.3) is 5.91 Å². The Labute approximate surface area is 115 Å². The van der Waals surface area contributed by atoms with Crippen molar-refractivity contribution >= 4 is 33.4 Å². The Kier molecular flexibility index (Phi) is 4.10. The van der Waals surface area contributed by atoms with Crippen molar-refractivity contribution in [2.75, 3.05) is 13.1 Å². The molecule has 1 heterocycles. The summed E-state index contributed by atoms with van der Waals surface area (Å²) in [7, 11) is 0. The van der Waals surface area contributed by atoms with E-state index in [1.165, 1.54) is 0 Å². The Morgan fingerprint density at radius 3 is 2.65 bits per heavy atom. The molecule has 17 heavy (non-hydrogen) atoms. The van der Waals surface area contributed by atoms with Crippen LogP contribution in [0, 0.1) is 6.92 Å². The molecule has 0 aromatic heterocycles. The fraction of sp³-hybridized carbons (Fsp3) is 0.462. The summed E-state index contributed by atoms with van der Waals surface area (Å²) < 4.78 is 1.04. The van der Waals surface area contributed by atoms with Crippen molar-refractivity contribution in [1.29, 1.82) is 0 Å². The molecular weight excluding hydrogens is 302 g/mol. The minimum absolute atomic E-state index is 0.115. The third-order valence-corrected chi connectivity index (χ3v) is 4.44. The number of piperidine rings is 1. The molecule has 1 aliphatic rings. The first-order valence-corrected chi connectivity index (χ1v) is 7.00. The van der Waals surface area contributed by atoms with Gasteiger partial charge < -0.3 is 4.90 Å². The Balaban J connectivity index is 2.11. The van der Waals surface area contributed by atoms with Gasteiger partial charge >= 0.3 is 0 Å². The molecule has 2 nitrogen and oxygen atoms in total. The highest BCUT2D eigenvalue weighted by atomic mass is 79.9. The Morgan fingerprint density at radius 1 is 1.41 bits per heavy atom. The predicted octanol–water partition coefficient (Wildman–Crippen LogP) is 3.60. The number of nitrogens with zero attached hydrogens (tertiary/aromatic N) is 1. The zero-order valence-electron chi connectivity index (χ0n) is 9.75. The quantitative estimate of drug-likeness (QED) is 0.725. The molecule has 0 saturated carbocycles. The number of benzene rings is 1. The number of likely N-dealkylation sites (tertiary alicyclic amines) is 1. The normalized spacial score (nSPS) is 17.2. The molecule has 1 fully saturated rings. The number of carbonyl (C=O) groups excluding carboxylic acids is 1. The van der Waals surface area contributed by atoms with E-state index in [0.29, 0.717) is 0 Å². The first-order valence-electron chi connectivity index (χ1n) is 5.77. The molecule has 1 aliphatic heterocycles. The fourth-order valence-electron chi connectivity index (χ4n) is 2.01. The summed E-state index contributed by atoms with van der Waals surface area (Å²) in [5.41, 5.74) is 1.85. The summed E-state index contributed by atoms with van der Waals surface area (Å²) in [6.45, 7) is 3.52. The highest BCUT2D eigenvalue weighted by molar-refractivity contribution is 9.10. The minimum Gasteiger partial charge on any atom is -0.339 e. The summed E-state index contributed by atoms with van der Waals surface area (Å²) >= 11 is 9.47. The number of aryl methyl sites for hydroxylation is 1. The van der Waals surface area contributed by atoms with Gasteiger partial charge in [-0.1, -0.05) is 15.9 Å². The molecule has 1 aromatic rings. The van der Waals surface area contributed by atoms with E-state index in [2.05, 4.69) is 15.9 Å². The van der Waals surface area contributed by atoms with Crippen LogP contribution in [0.2, 0.25) is 0 Å². The van der Waals surface area contributed by atoms with Gasteiger partial charge in [-0.25, -0.2) is 0 Å². The lowest BCUT2D eigenvalue weighted by molar-refractivity contribution is 0.0726. The van der Waals surface area contributed by atoms with Crippen LogP contribution in [0.4, 0.5) is 0 Å². The lowest BCUT2D eigenvalue weighted by Gasteiger charge is -2.29. The van der Waals surface area contributed by atoms with Crippen LogP contribution >= 0.6 is 27.5 Å². The molecule has 2 rings (SSSR count).